The minimum atomic E-state index is -1.89. The maximum Gasteiger partial charge on any atom is 0.310 e. The van der Waals surface area contributed by atoms with Gasteiger partial charge in [-0.2, -0.15) is 0 Å². The zero-order valence-corrected chi connectivity index (χ0v) is 29.2. The summed E-state index contributed by atoms with van der Waals surface area (Å²) in [4.78, 5) is 39.3. The van der Waals surface area contributed by atoms with E-state index in [1.807, 2.05) is 32.0 Å². The number of carbonyl (C=O) groups is 3. The lowest BCUT2D eigenvalue weighted by Crippen LogP contribution is -2.66. The topological polar surface area (TPSA) is 169 Å². The summed E-state index contributed by atoms with van der Waals surface area (Å²) in [6, 6.07) is 13.6. The summed E-state index contributed by atoms with van der Waals surface area (Å²) in [6.45, 7) is 8.27. The van der Waals surface area contributed by atoms with Gasteiger partial charge in [0.05, 0.1) is 25.6 Å². The Labute approximate surface area is 291 Å². The fourth-order valence-electron chi connectivity index (χ4n) is 9.39. The Kier molecular flexibility index (Phi) is 8.94. The van der Waals surface area contributed by atoms with Crippen LogP contribution in [0.15, 0.2) is 71.8 Å². The molecular formula is C39H46O11. The molecule has 50 heavy (non-hydrogen) atoms. The molecule has 0 aliphatic heterocycles. The van der Waals surface area contributed by atoms with E-state index < -0.39 is 76.0 Å². The largest absolute Gasteiger partial charge is 0.504 e. The second kappa shape index (κ2) is 12.5. The first-order chi connectivity index (χ1) is 23.5. The SMILES string of the molecule is COc1cc(CC(=O)OCC2=C[C@H]3[C@@H]4C(C)(C)[C@]4(OC(C)=O)[C@H](OC(=O)Cc4ccccc4)[C@@H](C)[C@]3(O)[C@@H]3C=C(C)[C@@H](O)[C@@]3(O)C2)ccc1O. The van der Waals surface area contributed by atoms with Gasteiger partial charge in [-0.1, -0.05) is 69.3 Å². The second-order valence-electron chi connectivity index (χ2n) is 15.0. The predicted octanol–water partition coefficient (Wildman–Crippen LogP) is 3.59. The number of hydrogen-bond donors (Lipinski definition) is 4. The van der Waals surface area contributed by atoms with Crippen molar-refractivity contribution in [3.05, 3.63) is 83.0 Å². The third-order valence-corrected chi connectivity index (χ3v) is 11.7. The monoisotopic (exact) mass is 690 g/mol. The van der Waals surface area contributed by atoms with Gasteiger partial charge in [-0.3, -0.25) is 14.4 Å². The van der Waals surface area contributed by atoms with E-state index in [0.717, 1.165) is 5.56 Å². The molecule has 0 aromatic heterocycles. The molecule has 4 N–H and O–H groups in total. The average molecular weight is 691 g/mol. The molecule has 4 aliphatic carbocycles. The molecule has 9 atom stereocenters. The molecule has 2 aromatic rings. The second-order valence-corrected chi connectivity index (χ2v) is 15.0. The highest BCUT2D eigenvalue weighted by atomic mass is 16.6. The number of fused-ring (bicyclic) bond motifs is 5. The van der Waals surface area contributed by atoms with E-state index in [2.05, 4.69) is 0 Å². The van der Waals surface area contributed by atoms with Crippen molar-refractivity contribution in [2.45, 2.75) is 82.9 Å². The fraction of sp³-hybridized carbons (Fsp3) is 0.513. The first-order valence-corrected chi connectivity index (χ1v) is 17.0. The zero-order chi connectivity index (χ0) is 36.4. The molecule has 2 aromatic carbocycles. The number of esters is 3. The van der Waals surface area contributed by atoms with Gasteiger partial charge in [0.25, 0.3) is 0 Å². The Morgan fingerprint density at radius 2 is 1.64 bits per heavy atom. The lowest BCUT2D eigenvalue weighted by atomic mass is 9.59. The molecule has 11 heteroatoms. The highest BCUT2D eigenvalue weighted by Crippen LogP contribution is 2.77. The van der Waals surface area contributed by atoms with Crippen LogP contribution in [0.4, 0.5) is 0 Å². The van der Waals surface area contributed by atoms with Crippen molar-refractivity contribution in [1.29, 1.82) is 0 Å². The van der Waals surface area contributed by atoms with Crippen LogP contribution in [0, 0.1) is 29.1 Å². The van der Waals surface area contributed by atoms with E-state index in [1.165, 1.54) is 26.2 Å². The quantitative estimate of drug-likeness (QED) is 0.172. The molecule has 0 saturated heterocycles. The van der Waals surface area contributed by atoms with Gasteiger partial charge in [0.15, 0.2) is 17.1 Å². The number of benzene rings is 2. The van der Waals surface area contributed by atoms with E-state index >= 15 is 0 Å². The molecule has 2 saturated carbocycles. The van der Waals surface area contributed by atoms with Crippen LogP contribution < -0.4 is 4.74 Å². The number of rotatable bonds is 9. The highest BCUT2D eigenvalue weighted by Gasteiger charge is 2.87. The number of phenols is 1. The van der Waals surface area contributed by atoms with Crippen LogP contribution in [0.25, 0.3) is 0 Å². The van der Waals surface area contributed by atoms with Crippen LogP contribution in [0.1, 0.15) is 52.2 Å². The maximum absolute atomic E-state index is 13.5. The zero-order valence-electron chi connectivity index (χ0n) is 29.2. The molecule has 0 bridgehead atoms. The van der Waals surface area contributed by atoms with Crippen molar-refractivity contribution >= 4 is 17.9 Å². The van der Waals surface area contributed by atoms with E-state index in [9.17, 15) is 34.8 Å². The fourth-order valence-corrected chi connectivity index (χ4v) is 9.39. The maximum atomic E-state index is 13.5. The Balaban J connectivity index is 1.37. The number of aliphatic hydroxyl groups is 3. The summed E-state index contributed by atoms with van der Waals surface area (Å²) < 4.78 is 23.2. The van der Waals surface area contributed by atoms with E-state index in [1.54, 1.807) is 44.2 Å². The lowest BCUT2D eigenvalue weighted by Gasteiger charge is -2.53. The first kappa shape index (κ1) is 35.6. The molecule has 268 valence electrons. The molecule has 6 rings (SSSR count). The van der Waals surface area contributed by atoms with Gasteiger partial charge in [-0.15, -0.1) is 0 Å². The summed E-state index contributed by atoms with van der Waals surface area (Å²) >= 11 is 0. The molecule has 4 aliphatic rings. The summed E-state index contributed by atoms with van der Waals surface area (Å²) in [5.74, 6) is -4.79. The van der Waals surface area contributed by atoms with Crippen LogP contribution in [-0.2, 0) is 41.4 Å². The number of aliphatic hydroxyl groups excluding tert-OH is 1. The van der Waals surface area contributed by atoms with Gasteiger partial charge >= 0.3 is 17.9 Å². The first-order valence-electron chi connectivity index (χ1n) is 17.0. The number of methoxy groups -OCH3 is 1. The molecule has 0 heterocycles. The Hall–Kier alpha value is -4.19. The molecule has 0 radical (unpaired) electrons. The molecule has 0 amide bonds. The Morgan fingerprint density at radius 1 is 0.960 bits per heavy atom. The van der Waals surface area contributed by atoms with Crippen molar-refractivity contribution in [1.82, 2.24) is 0 Å². The van der Waals surface area contributed by atoms with Gasteiger partial charge in [0, 0.05) is 42.4 Å². The highest BCUT2D eigenvalue weighted by molar-refractivity contribution is 5.74. The number of ether oxygens (including phenoxy) is 4. The van der Waals surface area contributed by atoms with E-state index in [4.69, 9.17) is 18.9 Å². The van der Waals surface area contributed by atoms with Gasteiger partial charge in [0.2, 0.25) is 0 Å². The van der Waals surface area contributed by atoms with Gasteiger partial charge in [0.1, 0.15) is 24.4 Å². The van der Waals surface area contributed by atoms with Crippen LogP contribution >= 0.6 is 0 Å². The number of phenolic OH excluding ortho intramolecular Hbond substituents is 1. The number of hydrogen-bond acceptors (Lipinski definition) is 11. The molecule has 2 fully saturated rings. The van der Waals surface area contributed by atoms with Crippen LogP contribution in [0.3, 0.4) is 0 Å². The van der Waals surface area contributed by atoms with Gasteiger partial charge in [-0.05, 0) is 41.3 Å². The van der Waals surface area contributed by atoms with Crippen molar-refractivity contribution in [3.63, 3.8) is 0 Å². The van der Waals surface area contributed by atoms with Crippen molar-refractivity contribution < 1.29 is 53.8 Å². The summed E-state index contributed by atoms with van der Waals surface area (Å²) in [7, 11) is 1.41. The van der Waals surface area contributed by atoms with Crippen molar-refractivity contribution in [2.75, 3.05) is 13.7 Å². The minimum Gasteiger partial charge on any atom is -0.504 e. The minimum absolute atomic E-state index is 0.0371. The van der Waals surface area contributed by atoms with E-state index in [0.29, 0.717) is 16.7 Å². The van der Waals surface area contributed by atoms with Crippen molar-refractivity contribution in [3.8, 4) is 11.5 Å². The van der Waals surface area contributed by atoms with Crippen LogP contribution in [0.5, 0.6) is 11.5 Å². The molecule has 0 spiro atoms. The standard InChI is InChI=1S/C39H46O11/c1-21-14-30-37(45,34(21)44)19-26(20-48-31(42)18-25-12-13-28(41)29(16-25)47-6)15-27-33-36(4,5)39(33,50-23(3)40)35(22(2)38(27,30)46)49-32(43)17-24-10-8-7-9-11-24/h7-16,22,27,30,33-35,41,44-46H,17-20H2,1-6H3/t22-,27+,30-,33-,34-,35-,37-,38-,39-/m1/s1. The number of aromatic hydroxyl groups is 1. The third kappa shape index (κ3) is 5.50. The summed E-state index contributed by atoms with van der Waals surface area (Å²) in [5.41, 5.74) is -3.54. The predicted molar refractivity (Wildman–Crippen MR) is 180 cm³/mol. The third-order valence-electron chi connectivity index (χ3n) is 11.7. The van der Waals surface area contributed by atoms with E-state index in [-0.39, 0.29) is 37.4 Å². The van der Waals surface area contributed by atoms with Crippen LogP contribution in [-0.4, -0.2) is 81.1 Å². The molecular weight excluding hydrogens is 644 g/mol. The normalized spacial score (nSPS) is 34.8. The molecule has 0 unspecified atom stereocenters. The number of carbonyl (C=O) groups excluding carboxylic acids is 3. The van der Waals surface area contributed by atoms with Crippen molar-refractivity contribution in [2.24, 2.45) is 29.1 Å². The summed E-state index contributed by atoms with van der Waals surface area (Å²) in [6.07, 6.45) is 0.777. The Bertz CT molecular complexity index is 1750. The smallest absolute Gasteiger partial charge is 0.310 e. The van der Waals surface area contributed by atoms with Gasteiger partial charge in [-0.25, -0.2) is 0 Å². The van der Waals surface area contributed by atoms with Crippen LogP contribution in [0.2, 0.25) is 0 Å². The average Bonchev–Trinajstić information content (AvgIpc) is 3.48. The Morgan fingerprint density at radius 3 is 2.30 bits per heavy atom. The molecule has 11 nitrogen and oxygen atoms in total. The van der Waals surface area contributed by atoms with Gasteiger partial charge < -0.3 is 39.4 Å². The lowest BCUT2D eigenvalue weighted by molar-refractivity contribution is -0.234. The summed E-state index contributed by atoms with van der Waals surface area (Å²) in [5, 5.41) is 46.7.